The second-order valence-corrected chi connectivity index (χ2v) is 6.52. The van der Waals surface area contributed by atoms with Crippen LogP contribution in [0.3, 0.4) is 0 Å². The van der Waals surface area contributed by atoms with Gasteiger partial charge < -0.3 is 9.67 Å². The van der Waals surface area contributed by atoms with Gasteiger partial charge in [-0.15, -0.1) is 0 Å². The standard InChI is InChI=1S/C19H15BrN2O/c1-22-11-16(15-8-9-17(20)21-19(15)22)18(23)14-7-6-12-4-2-3-5-13(12)10-14/h2-11,18,23H,1H3. The molecule has 0 aliphatic heterocycles. The number of aryl methyl sites for hydroxylation is 1. The number of aliphatic hydroxyl groups is 1. The van der Waals surface area contributed by atoms with E-state index in [1.807, 2.05) is 60.3 Å². The summed E-state index contributed by atoms with van der Waals surface area (Å²) in [5, 5.41) is 14.2. The molecule has 4 heteroatoms. The van der Waals surface area contributed by atoms with Gasteiger partial charge in [-0.2, -0.15) is 0 Å². The number of rotatable bonds is 2. The van der Waals surface area contributed by atoms with Crippen LogP contribution in [0, 0.1) is 0 Å². The molecule has 0 radical (unpaired) electrons. The minimum absolute atomic E-state index is 0.675. The summed E-state index contributed by atoms with van der Waals surface area (Å²) in [5.74, 6) is 0. The van der Waals surface area contributed by atoms with E-state index < -0.39 is 6.10 Å². The van der Waals surface area contributed by atoms with E-state index in [-0.39, 0.29) is 0 Å². The Morgan fingerprint density at radius 2 is 1.83 bits per heavy atom. The molecule has 0 aliphatic carbocycles. The molecule has 2 heterocycles. The van der Waals surface area contributed by atoms with E-state index in [2.05, 4.69) is 33.0 Å². The van der Waals surface area contributed by atoms with Gasteiger partial charge >= 0.3 is 0 Å². The fraction of sp³-hybridized carbons (Fsp3) is 0.105. The predicted molar refractivity (Wildman–Crippen MR) is 96.4 cm³/mol. The molecule has 0 spiro atoms. The zero-order chi connectivity index (χ0) is 16.0. The van der Waals surface area contributed by atoms with Crippen LogP contribution in [0.2, 0.25) is 0 Å². The first-order chi connectivity index (χ1) is 11.1. The third-order valence-electron chi connectivity index (χ3n) is 4.20. The van der Waals surface area contributed by atoms with Crippen molar-refractivity contribution < 1.29 is 5.11 Å². The Balaban J connectivity index is 1.85. The summed E-state index contributed by atoms with van der Waals surface area (Å²) in [4.78, 5) is 4.49. The largest absolute Gasteiger partial charge is 0.384 e. The van der Waals surface area contributed by atoms with Gasteiger partial charge in [-0.25, -0.2) is 4.98 Å². The zero-order valence-corrected chi connectivity index (χ0v) is 14.2. The molecule has 0 amide bonds. The molecule has 114 valence electrons. The summed E-state index contributed by atoms with van der Waals surface area (Å²) in [6, 6.07) is 18.1. The van der Waals surface area contributed by atoms with Gasteiger partial charge in [-0.05, 0) is 50.5 Å². The van der Waals surface area contributed by atoms with Crippen LogP contribution in [-0.4, -0.2) is 14.7 Å². The van der Waals surface area contributed by atoms with Crippen LogP contribution in [0.1, 0.15) is 17.2 Å². The van der Waals surface area contributed by atoms with Gasteiger partial charge in [0.05, 0.1) is 0 Å². The van der Waals surface area contributed by atoms with Crippen molar-refractivity contribution in [2.24, 2.45) is 7.05 Å². The topological polar surface area (TPSA) is 38.0 Å². The molecule has 0 saturated carbocycles. The molecule has 23 heavy (non-hydrogen) atoms. The van der Waals surface area contributed by atoms with Crippen molar-refractivity contribution in [3.05, 3.63) is 76.5 Å². The second-order valence-electron chi connectivity index (χ2n) is 5.71. The van der Waals surface area contributed by atoms with Crippen molar-refractivity contribution >= 4 is 37.7 Å². The van der Waals surface area contributed by atoms with Crippen LogP contribution in [0.5, 0.6) is 0 Å². The molecule has 1 unspecified atom stereocenters. The Morgan fingerprint density at radius 3 is 2.65 bits per heavy atom. The summed E-state index contributed by atoms with van der Waals surface area (Å²) >= 11 is 3.40. The maximum atomic E-state index is 10.9. The number of halogens is 1. The minimum Gasteiger partial charge on any atom is -0.384 e. The number of aromatic nitrogens is 2. The number of hydrogen-bond donors (Lipinski definition) is 1. The Kier molecular flexibility index (Phi) is 3.43. The highest BCUT2D eigenvalue weighted by atomic mass is 79.9. The Bertz CT molecular complexity index is 1020. The van der Waals surface area contributed by atoms with Crippen LogP contribution in [0.4, 0.5) is 0 Å². The number of aliphatic hydroxyl groups excluding tert-OH is 1. The highest BCUT2D eigenvalue weighted by molar-refractivity contribution is 9.10. The minimum atomic E-state index is -0.675. The molecule has 0 saturated heterocycles. The van der Waals surface area contributed by atoms with Crippen LogP contribution in [0.25, 0.3) is 21.8 Å². The summed E-state index contributed by atoms with van der Waals surface area (Å²) in [7, 11) is 1.94. The SMILES string of the molecule is Cn1cc(C(O)c2ccc3ccccc3c2)c2ccc(Br)nc21. The van der Waals surface area contributed by atoms with E-state index in [1.165, 1.54) is 5.39 Å². The van der Waals surface area contributed by atoms with Crippen molar-refractivity contribution in [1.82, 2.24) is 9.55 Å². The summed E-state index contributed by atoms with van der Waals surface area (Å²) in [6.45, 7) is 0. The fourth-order valence-electron chi connectivity index (χ4n) is 3.03. The molecule has 4 aromatic rings. The highest BCUT2D eigenvalue weighted by Gasteiger charge is 2.17. The van der Waals surface area contributed by atoms with E-state index in [0.717, 1.165) is 32.1 Å². The smallest absolute Gasteiger partial charge is 0.141 e. The molecule has 4 rings (SSSR count). The first-order valence-electron chi connectivity index (χ1n) is 7.42. The van der Waals surface area contributed by atoms with Gasteiger partial charge in [-0.3, -0.25) is 0 Å². The van der Waals surface area contributed by atoms with E-state index in [1.54, 1.807) is 0 Å². The summed E-state index contributed by atoms with van der Waals surface area (Å²) in [6.07, 6.45) is 1.27. The van der Waals surface area contributed by atoms with Gasteiger partial charge in [0.25, 0.3) is 0 Å². The number of fused-ring (bicyclic) bond motifs is 2. The normalized spacial score (nSPS) is 12.8. The van der Waals surface area contributed by atoms with Gasteiger partial charge in [-0.1, -0.05) is 36.4 Å². The van der Waals surface area contributed by atoms with Crippen molar-refractivity contribution in [2.75, 3.05) is 0 Å². The maximum Gasteiger partial charge on any atom is 0.141 e. The van der Waals surface area contributed by atoms with Gasteiger partial charge in [0.15, 0.2) is 0 Å². The summed E-state index contributed by atoms with van der Waals surface area (Å²) in [5.41, 5.74) is 2.62. The van der Waals surface area contributed by atoms with E-state index >= 15 is 0 Å². The molecular formula is C19H15BrN2O. The molecule has 0 aliphatic rings. The van der Waals surface area contributed by atoms with Gasteiger partial charge in [0.1, 0.15) is 16.4 Å². The lowest BCUT2D eigenvalue weighted by Crippen LogP contribution is -1.99. The van der Waals surface area contributed by atoms with Crippen LogP contribution in [0.15, 0.2) is 65.4 Å². The molecule has 2 aromatic carbocycles. The van der Waals surface area contributed by atoms with Crippen molar-refractivity contribution in [3.8, 4) is 0 Å². The first-order valence-corrected chi connectivity index (χ1v) is 8.21. The Morgan fingerprint density at radius 1 is 1.04 bits per heavy atom. The van der Waals surface area contributed by atoms with E-state index in [0.29, 0.717) is 0 Å². The number of nitrogens with zero attached hydrogens (tertiary/aromatic N) is 2. The Hall–Kier alpha value is -2.17. The molecule has 1 N–H and O–H groups in total. The van der Waals surface area contributed by atoms with Crippen LogP contribution in [-0.2, 0) is 7.05 Å². The number of hydrogen-bond acceptors (Lipinski definition) is 2. The van der Waals surface area contributed by atoms with Crippen molar-refractivity contribution in [3.63, 3.8) is 0 Å². The molecule has 1 atom stereocenters. The fourth-order valence-corrected chi connectivity index (χ4v) is 3.33. The molecule has 3 nitrogen and oxygen atoms in total. The third-order valence-corrected chi connectivity index (χ3v) is 4.64. The van der Waals surface area contributed by atoms with Crippen LogP contribution < -0.4 is 0 Å². The molecule has 2 aromatic heterocycles. The van der Waals surface area contributed by atoms with Gasteiger partial charge in [0, 0.05) is 24.2 Å². The highest BCUT2D eigenvalue weighted by Crippen LogP contribution is 2.31. The Labute approximate surface area is 142 Å². The lowest BCUT2D eigenvalue weighted by molar-refractivity contribution is 0.222. The quantitative estimate of drug-likeness (QED) is 0.527. The first kappa shape index (κ1) is 14.4. The summed E-state index contributed by atoms with van der Waals surface area (Å²) < 4.78 is 2.73. The number of pyridine rings is 1. The zero-order valence-electron chi connectivity index (χ0n) is 12.6. The second kappa shape index (κ2) is 5.48. The predicted octanol–water partition coefficient (Wildman–Crippen LogP) is 4.57. The third kappa shape index (κ3) is 2.44. The van der Waals surface area contributed by atoms with E-state index in [4.69, 9.17) is 0 Å². The van der Waals surface area contributed by atoms with E-state index in [9.17, 15) is 5.11 Å². The maximum absolute atomic E-state index is 10.9. The lowest BCUT2D eigenvalue weighted by Gasteiger charge is -2.11. The molecule has 0 bridgehead atoms. The molecule has 0 fully saturated rings. The lowest BCUT2D eigenvalue weighted by atomic mass is 9.99. The van der Waals surface area contributed by atoms with Crippen LogP contribution >= 0.6 is 15.9 Å². The molecular weight excluding hydrogens is 352 g/mol. The average Bonchev–Trinajstić information content (AvgIpc) is 2.90. The van der Waals surface area contributed by atoms with Gasteiger partial charge in [0.2, 0.25) is 0 Å². The average molecular weight is 367 g/mol. The van der Waals surface area contributed by atoms with Crippen molar-refractivity contribution in [2.45, 2.75) is 6.10 Å². The number of benzene rings is 2. The van der Waals surface area contributed by atoms with Crippen molar-refractivity contribution in [1.29, 1.82) is 0 Å². The monoisotopic (exact) mass is 366 g/mol.